The molecule has 0 amide bonds. The van der Waals surface area contributed by atoms with Crippen molar-refractivity contribution < 1.29 is 18.1 Å². The lowest BCUT2D eigenvalue weighted by molar-refractivity contribution is -0.106. The summed E-state index contributed by atoms with van der Waals surface area (Å²) in [6.45, 7) is 19.6. The Kier molecular flexibility index (Phi) is 12.4. The Hall–Kier alpha value is -0.0162. The van der Waals surface area contributed by atoms with Crippen LogP contribution in [0.3, 0.4) is 0 Å². The first kappa shape index (κ1) is 25.0. The molecule has 150 valence electrons. The molecule has 0 fully saturated rings. The smallest absolute Gasteiger partial charge is 0.334 e. The van der Waals surface area contributed by atoms with Gasteiger partial charge in [-0.3, -0.25) is 0 Å². The Morgan fingerprint density at radius 3 is 1.60 bits per heavy atom. The highest BCUT2D eigenvalue weighted by atomic mass is 28.4. The molecular formula is C19H42O4Si2. The van der Waals surface area contributed by atoms with E-state index in [9.17, 15) is 4.79 Å². The monoisotopic (exact) mass is 390 g/mol. The summed E-state index contributed by atoms with van der Waals surface area (Å²) in [7, 11) is -4.12. The van der Waals surface area contributed by atoms with Crippen LogP contribution in [-0.2, 0) is 18.1 Å². The number of hydrogen-bond acceptors (Lipinski definition) is 4. The molecule has 0 saturated carbocycles. The Morgan fingerprint density at radius 2 is 1.20 bits per heavy atom. The van der Waals surface area contributed by atoms with Crippen LogP contribution in [0.15, 0.2) is 0 Å². The second kappa shape index (κ2) is 12.4. The molecule has 0 aliphatic rings. The molecule has 0 aromatic carbocycles. The lowest BCUT2D eigenvalue weighted by Crippen LogP contribution is -2.42. The van der Waals surface area contributed by atoms with Gasteiger partial charge in [0.1, 0.15) is 6.29 Å². The maximum atomic E-state index is 11.1. The molecule has 0 bridgehead atoms. The fraction of sp³-hybridized carbons (Fsp3) is 0.947. The van der Waals surface area contributed by atoms with Gasteiger partial charge in [-0.25, -0.2) is 0 Å². The largest absolute Gasteiger partial charge is 0.416 e. The van der Waals surface area contributed by atoms with Crippen molar-refractivity contribution in [3.05, 3.63) is 0 Å². The summed E-state index contributed by atoms with van der Waals surface area (Å²) in [6, 6.07) is 2.55. The average molecular weight is 391 g/mol. The zero-order valence-electron chi connectivity index (χ0n) is 17.9. The molecule has 1 unspecified atom stereocenters. The van der Waals surface area contributed by atoms with Crippen LogP contribution in [0.1, 0.15) is 48.0 Å². The highest BCUT2D eigenvalue weighted by Crippen LogP contribution is 2.25. The SMILES string of the molecule is CC(C)CO[Si](C)(CC=O)CCC[Si](C)(OCC(C)C)OCC(C)C. The molecule has 4 nitrogen and oxygen atoms in total. The molecule has 1 atom stereocenters. The zero-order chi connectivity index (χ0) is 19.5. The van der Waals surface area contributed by atoms with Gasteiger partial charge in [-0.1, -0.05) is 48.0 Å². The average Bonchev–Trinajstić information content (AvgIpc) is 2.50. The van der Waals surface area contributed by atoms with Crippen LogP contribution in [0.2, 0.25) is 31.2 Å². The van der Waals surface area contributed by atoms with Gasteiger partial charge >= 0.3 is 8.56 Å². The molecule has 0 spiro atoms. The Balaban J connectivity index is 4.67. The van der Waals surface area contributed by atoms with Crippen LogP contribution in [0.25, 0.3) is 0 Å². The van der Waals surface area contributed by atoms with Crippen molar-refractivity contribution in [3.8, 4) is 0 Å². The van der Waals surface area contributed by atoms with Crippen molar-refractivity contribution >= 4 is 23.2 Å². The topological polar surface area (TPSA) is 44.8 Å². The highest BCUT2D eigenvalue weighted by Gasteiger charge is 2.35. The summed E-state index contributed by atoms with van der Waals surface area (Å²) in [6.07, 6.45) is 2.06. The third kappa shape index (κ3) is 12.9. The minimum Gasteiger partial charge on any atom is -0.416 e. The predicted molar refractivity (Wildman–Crippen MR) is 111 cm³/mol. The van der Waals surface area contributed by atoms with Gasteiger partial charge in [-0.05, 0) is 42.9 Å². The maximum Gasteiger partial charge on any atom is 0.334 e. The maximum absolute atomic E-state index is 11.1. The van der Waals surface area contributed by atoms with Gasteiger partial charge in [0.15, 0.2) is 8.32 Å². The van der Waals surface area contributed by atoms with E-state index in [1.54, 1.807) is 0 Å². The lowest BCUT2D eigenvalue weighted by Gasteiger charge is -2.31. The van der Waals surface area contributed by atoms with Crippen molar-refractivity contribution in [1.82, 2.24) is 0 Å². The number of aldehydes is 1. The molecule has 0 aliphatic heterocycles. The standard InChI is InChI=1S/C19H42O4Si2/c1-17(2)14-21-24(7,13-10-20)11-9-12-25(8,22-15-18(3)4)23-16-19(5)6/h10,17-19H,9,11-16H2,1-8H3. The Labute approximate surface area is 158 Å². The predicted octanol–water partition coefficient (Wildman–Crippen LogP) is 5.24. The summed E-state index contributed by atoms with van der Waals surface area (Å²) < 4.78 is 18.7. The van der Waals surface area contributed by atoms with E-state index < -0.39 is 16.9 Å². The van der Waals surface area contributed by atoms with E-state index in [-0.39, 0.29) is 0 Å². The van der Waals surface area contributed by atoms with Crippen molar-refractivity contribution in [2.24, 2.45) is 17.8 Å². The summed E-state index contributed by atoms with van der Waals surface area (Å²) in [5, 5.41) is 0. The zero-order valence-corrected chi connectivity index (χ0v) is 19.9. The minimum absolute atomic E-state index is 0.502. The van der Waals surface area contributed by atoms with Crippen LogP contribution >= 0.6 is 0 Å². The molecule has 6 heteroatoms. The fourth-order valence-electron chi connectivity index (χ4n) is 2.43. The van der Waals surface area contributed by atoms with Gasteiger partial charge in [0, 0.05) is 25.9 Å². The van der Waals surface area contributed by atoms with Crippen molar-refractivity contribution in [2.75, 3.05) is 19.8 Å². The third-order valence-corrected chi connectivity index (χ3v) is 10.2. The molecule has 0 heterocycles. The van der Waals surface area contributed by atoms with E-state index in [0.29, 0.717) is 23.8 Å². The summed E-state index contributed by atoms with van der Waals surface area (Å²) in [5.74, 6) is 1.53. The van der Waals surface area contributed by atoms with Crippen LogP contribution in [0.4, 0.5) is 0 Å². The molecule has 0 aliphatic carbocycles. The van der Waals surface area contributed by atoms with Gasteiger partial charge in [0.2, 0.25) is 0 Å². The number of carbonyl (C=O) groups excluding carboxylic acids is 1. The summed E-state index contributed by atoms with van der Waals surface area (Å²) >= 11 is 0. The second-order valence-corrected chi connectivity index (χ2v) is 16.4. The molecule has 25 heavy (non-hydrogen) atoms. The molecule has 0 aromatic heterocycles. The Morgan fingerprint density at radius 1 is 0.760 bits per heavy atom. The fourth-order valence-corrected chi connectivity index (χ4v) is 7.83. The first-order valence-corrected chi connectivity index (χ1v) is 15.2. The van der Waals surface area contributed by atoms with Crippen LogP contribution < -0.4 is 0 Å². The quantitative estimate of drug-likeness (QED) is 0.283. The second-order valence-electron chi connectivity index (χ2n) is 8.92. The first-order chi connectivity index (χ1) is 11.5. The van der Waals surface area contributed by atoms with Gasteiger partial charge in [0.05, 0.1) is 0 Å². The van der Waals surface area contributed by atoms with Gasteiger partial charge < -0.3 is 18.1 Å². The van der Waals surface area contributed by atoms with Crippen molar-refractivity contribution in [2.45, 2.75) is 79.2 Å². The molecule has 0 radical (unpaired) electrons. The number of carbonyl (C=O) groups is 1. The summed E-state index contributed by atoms with van der Waals surface area (Å²) in [4.78, 5) is 11.1. The molecule has 0 N–H and O–H groups in total. The van der Waals surface area contributed by atoms with Crippen molar-refractivity contribution in [1.29, 1.82) is 0 Å². The lowest BCUT2D eigenvalue weighted by atomic mass is 10.2. The van der Waals surface area contributed by atoms with Crippen molar-refractivity contribution in [3.63, 3.8) is 0 Å². The molecule has 0 saturated heterocycles. The van der Waals surface area contributed by atoms with Gasteiger partial charge in [0.25, 0.3) is 0 Å². The molecule has 0 rings (SSSR count). The van der Waals surface area contributed by atoms with E-state index in [1.807, 2.05) is 0 Å². The highest BCUT2D eigenvalue weighted by molar-refractivity contribution is 6.75. The minimum atomic E-state index is -2.16. The van der Waals surface area contributed by atoms with Crippen LogP contribution in [0, 0.1) is 17.8 Å². The molecular weight excluding hydrogens is 348 g/mol. The number of rotatable bonds is 15. The summed E-state index contributed by atoms with van der Waals surface area (Å²) in [5.41, 5.74) is 0. The van der Waals surface area contributed by atoms with E-state index in [0.717, 1.165) is 44.6 Å². The van der Waals surface area contributed by atoms with E-state index in [4.69, 9.17) is 13.3 Å². The molecule has 0 aromatic rings. The first-order valence-electron chi connectivity index (χ1n) is 9.87. The normalized spacial score (nSPS) is 15.2. The van der Waals surface area contributed by atoms with E-state index in [2.05, 4.69) is 54.6 Å². The Bertz CT molecular complexity index is 349. The third-order valence-electron chi connectivity index (χ3n) is 4.06. The number of hydrogen-bond donors (Lipinski definition) is 0. The van der Waals surface area contributed by atoms with Gasteiger partial charge in [-0.15, -0.1) is 0 Å². The van der Waals surface area contributed by atoms with Crippen LogP contribution in [-0.4, -0.2) is 43.0 Å². The van der Waals surface area contributed by atoms with Crippen LogP contribution in [0.5, 0.6) is 0 Å². The van der Waals surface area contributed by atoms with E-state index >= 15 is 0 Å². The van der Waals surface area contributed by atoms with E-state index in [1.165, 1.54) is 0 Å². The van der Waals surface area contributed by atoms with Gasteiger partial charge in [-0.2, -0.15) is 0 Å².